The van der Waals surface area contributed by atoms with Crippen LogP contribution in [-0.2, 0) is 4.74 Å². The first kappa shape index (κ1) is 12.7. The fourth-order valence-corrected chi connectivity index (χ4v) is 2.77. The van der Waals surface area contributed by atoms with E-state index in [2.05, 4.69) is 45.7 Å². The van der Waals surface area contributed by atoms with E-state index in [9.17, 15) is 4.79 Å². The standard InChI is InChI=1S/C11H12Br2O2/c1-6(2)7-4-8(12)10(9(13)5-7)11(14)15-3/h4-6H,1-3H3. The van der Waals surface area contributed by atoms with Crippen molar-refractivity contribution in [3.63, 3.8) is 0 Å². The minimum absolute atomic E-state index is 0.343. The Labute approximate surface area is 106 Å². The zero-order chi connectivity index (χ0) is 11.6. The van der Waals surface area contributed by atoms with Gasteiger partial charge in [0.05, 0.1) is 12.7 Å². The summed E-state index contributed by atoms with van der Waals surface area (Å²) in [7, 11) is 1.37. The molecule has 0 bridgehead atoms. The molecule has 0 saturated heterocycles. The van der Waals surface area contributed by atoms with Crippen molar-refractivity contribution >= 4 is 37.8 Å². The molecule has 0 radical (unpaired) electrons. The number of esters is 1. The maximum Gasteiger partial charge on any atom is 0.340 e. The number of carbonyl (C=O) groups excluding carboxylic acids is 1. The third-order valence-corrected chi connectivity index (χ3v) is 3.37. The smallest absolute Gasteiger partial charge is 0.340 e. The Morgan fingerprint density at radius 3 is 2.07 bits per heavy atom. The van der Waals surface area contributed by atoms with E-state index in [-0.39, 0.29) is 5.97 Å². The summed E-state index contributed by atoms with van der Waals surface area (Å²) in [6.45, 7) is 4.21. The third kappa shape index (κ3) is 2.82. The summed E-state index contributed by atoms with van der Waals surface area (Å²) in [5.74, 6) is 0.0772. The molecule has 0 aliphatic carbocycles. The molecule has 0 spiro atoms. The van der Waals surface area contributed by atoms with Crippen LogP contribution in [0.2, 0.25) is 0 Å². The zero-order valence-corrected chi connectivity index (χ0v) is 12.0. The SMILES string of the molecule is COC(=O)c1c(Br)cc(C(C)C)cc1Br. The topological polar surface area (TPSA) is 26.3 Å². The van der Waals surface area contributed by atoms with Gasteiger partial charge in [0, 0.05) is 8.95 Å². The lowest BCUT2D eigenvalue weighted by Gasteiger charge is -2.10. The normalized spacial score (nSPS) is 10.5. The number of carbonyl (C=O) groups is 1. The number of hydrogen-bond acceptors (Lipinski definition) is 2. The molecule has 1 aromatic carbocycles. The predicted octanol–water partition coefficient (Wildman–Crippen LogP) is 4.12. The van der Waals surface area contributed by atoms with E-state index >= 15 is 0 Å². The molecule has 0 heterocycles. The number of methoxy groups -OCH3 is 1. The lowest BCUT2D eigenvalue weighted by Crippen LogP contribution is -2.04. The third-order valence-electron chi connectivity index (χ3n) is 2.12. The van der Waals surface area contributed by atoms with Crippen LogP contribution in [0.4, 0.5) is 0 Å². The van der Waals surface area contributed by atoms with Crippen molar-refractivity contribution in [1.29, 1.82) is 0 Å². The van der Waals surface area contributed by atoms with Gasteiger partial charge in [-0.15, -0.1) is 0 Å². The minimum Gasteiger partial charge on any atom is -0.465 e. The number of rotatable bonds is 2. The molecule has 0 aliphatic heterocycles. The van der Waals surface area contributed by atoms with E-state index < -0.39 is 0 Å². The molecule has 15 heavy (non-hydrogen) atoms. The van der Waals surface area contributed by atoms with Crippen LogP contribution < -0.4 is 0 Å². The molecule has 1 rings (SSSR count). The van der Waals surface area contributed by atoms with Crippen LogP contribution in [0.3, 0.4) is 0 Å². The highest BCUT2D eigenvalue weighted by atomic mass is 79.9. The van der Waals surface area contributed by atoms with E-state index in [1.165, 1.54) is 12.7 Å². The fourth-order valence-electron chi connectivity index (χ4n) is 1.22. The number of hydrogen-bond donors (Lipinski definition) is 0. The minimum atomic E-state index is -0.343. The van der Waals surface area contributed by atoms with Crippen molar-refractivity contribution in [2.75, 3.05) is 7.11 Å². The maximum atomic E-state index is 11.5. The summed E-state index contributed by atoms with van der Waals surface area (Å²) in [5.41, 5.74) is 1.70. The summed E-state index contributed by atoms with van der Waals surface area (Å²) < 4.78 is 6.21. The lowest BCUT2D eigenvalue weighted by atomic mass is 10.0. The molecule has 0 aromatic heterocycles. The average molecular weight is 336 g/mol. The van der Waals surface area contributed by atoms with Crippen molar-refractivity contribution in [3.05, 3.63) is 32.2 Å². The summed E-state index contributed by atoms with van der Waals surface area (Å²) in [6.07, 6.45) is 0. The Kier molecular flexibility index (Phi) is 4.34. The van der Waals surface area contributed by atoms with Crippen LogP contribution in [0.15, 0.2) is 21.1 Å². The molecule has 0 aliphatic rings. The van der Waals surface area contributed by atoms with Crippen molar-refractivity contribution in [1.82, 2.24) is 0 Å². The van der Waals surface area contributed by atoms with Gasteiger partial charge in [-0.1, -0.05) is 13.8 Å². The summed E-state index contributed by atoms with van der Waals surface area (Å²) >= 11 is 6.75. The second-order valence-corrected chi connectivity index (χ2v) is 5.21. The van der Waals surface area contributed by atoms with Crippen LogP contribution in [0.25, 0.3) is 0 Å². The molecular weight excluding hydrogens is 324 g/mol. The van der Waals surface area contributed by atoms with Gasteiger partial charge in [0.2, 0.25) is 0 Å². The summed E-state index contributed by atoms with van der Waals surface area (Å²) in [4.78, 5) is 11.5. The monoisotopic (exact) mass is 334 g/mol. The highest BCUT2D eigenvalue weighted by molar-refractivity contribution is 9.11. The zero-order valence-electron chi connectivity index (χ0n) is 8.80. The van der Waals surface area contributed by atoms with E-state index in [0.29, 0.717) is 11.5 Å². The maximum absolute atomic E-state index is 11.5. The van der Waals surface area contributed by atoms with E-state index in [1.807, 2.05) is 12.1 Å². The molecule has 2 nitrogen and oxygen atoms in total. The average Bonchev–Trinajstić information content (AvgIpc) is 2.16. The van der Waals surface area contributed by atoms with Gasteiger partial charge >= 0.3 is 5.97 Å². The van der Waals surface area contributed by atoms with E-state index in [1.54, 1.807) is 0 Å². The highest BCUT2D eigenvalue weighted by Crippen LogP contribution is 2.30. The van der Waals surface area contributed by atoms with Crippen LogP contribution in [0.5, 0.6) is 0 Å². The van der Waals surface area contributed by atoms with Crippen LogP contribution in [0, 0.1) is 0 Å². The second kappa shape index (κ2) is 5.12. The molecule has 1 aromatic rings. The summed E-state index contributed by atoms with van der Waals surface area (Å²) in [5, 5.41) is 0. The molecule has 4 heteroatoms. The number of halogens is 2. The highest BCUT2D eigenvalue weighted by Gasteiger charge is 2.16. The number of ether oxygens (including phenoxy) is 1. The van der Waals surface area contributed by atoms with Gasteiger partial charge in [-0.3, -0.25) is 0 Å². The molecule has 0 amide bonds. The molecular formula is C11H12Br2O2. The van der Waals surface area contributed by atoms with Crippen LogP contribution >= 0.6 is 31.9 Å². The van der Waals surface area contributed by atoms with Gasteiger partial charge in [-0.25, -0.2) is 4.79 Å². The molecule has 0 unspecified atom stereocenters. The Morgan fingerprint density at radius 1 is 1.27 bits per heavy atom. The molecule has 0 saturated carbocycles. The van der Waals surface area contributed by atoms with E-state index in [0.717, 1.165) is 8.95 Å². The fraction of sp³-hybridized carbons (Fsp3) is 0.364. The number of benzene rings is 1. The van der Waals surface area contributed by atoms with Crippen LogP contribution in [0.1, 0.15) is 35.7 Å². The molecule has 82 valence electrons. The molecule has 0 fully saturated rings. The predicted molar refractivity (Wildman–Crippen MR) is 67.3 cm³/mol. The lowest BCUT2D eigenvalue weighted by molar-refractivity contribution is 0.0598. The van der Waals surface area contributed by atoms with Crippen molar-refractivity contribution in [2.45, 2.75) is 19.8 Å². The second-order valence-electron chi connectivity index (χ2n) is 3.51. The first-order valence-electron chi connectivity index (χ1n) is 4.54. The molecule has 0 atom stereocenters. The van der Waals surface area contributed by atoms with Gasteiger partial charge < -0.3 is 4.74 Å². The Hall–Kier alpha value is -0.350. The van der Waals surface area contributed by atoms with Gasteiger partial charge in [-0.2, -0.15) is 0 Å². The van der Waals surface area contributed by atoms with Crippen molar-refractivity contribution in [3.8, 4) is 0 Å². The molecule has 0 N–H and O–H groups in total. The van der Waals surface area contributed by atoms with Crippen LogP contribution in [-0.4, -0.2) is 13.1 Å². The quantitative estimate of drug-likeness (QED) is 0.760. The van der Waals surface area contributed by atoms with Gasteiger partial charge in [0.25, 0.3) is 0 Å². The van der Waals surface area contributed by atoms with Gasteiger partial charge in [0.1, 0.15) is 0 Å². The Morgan fingerprint density at radius 2 is 1.73 bits per heavy atom. The Bertz CT molecular complexity index is 363. The van der Waals surface area contributed by atoms with Crippen molar-refractivity contribution < 1.29 is 9.53 Å². The van der Waals surface area contributed by atoms with E-state index in [4.69, 9.17) is 4.74 Å². The summed E-state index contributed by atoms with van der Waals surface area (Å²) in [6, 6.07) is 3.89. The van der Waals surface area contributed by atoms with Crippen molar-refractivity contribution in [2.24, 2.45) is 0 Å². The first-order valence-corrected chi connectivity index (χ1v) is 6.13. The Balaban J connectivity index is 3.27. The van der Waals surface area contributed by atoms with Gasteiger partial charge in [0.15, 0.2) is 0 Å². The largest absolute Gasteiger partial charge is 0.465 e. The first-order chi connectivity index (χ1) is 6.97. The van der Waals surface area contributed by atoms with Gasteiger partial charge in [-0.05, 0) is 55.5 Å².